The van der Waals surface area contributed by atoms with E-state index in [-0.39, 0.29) is 0 Å². The second-order valence-corrected chi connectivity index (χ2v) is 4.96. The minimum atomic E-state index is 0.893. The molecule has 0 amide bonds. The quantitative estimate of drug-likeness (QED) is 0.532. The summed E-state index contributed by atoms with van der Waals surface area (Å²) in [6.45, 7) is 1.32. The molecule has 13 heavy (non-hydrogen) atoms. The predicted octanol–water partition coefficient (Wildman–Crippen LogP) is 3.43. The van der Waals surface area contributed by atoms with E-state index in [1.807, 2.05) is 0 Å². The number of likely N-dealkylation sites (tertiary alicyclic amines) is 1. The lowest BCUT2D eigenvalue weighted by atomic mass is 9.98. The molecule has 1 saturated heterocycles. The van der Waals surface area contributed by atoms with E-state index in [0.717, 1.165) is 6.04 Å². The Balaban J connectivity index is 2.05. The van der Waals surface area contributed by atoms with Crippen LogP contribution >= 0.6 is 15.9 Å². The van der Waals surface area contributed by atoms with Crippen molar-refractivity contribution in [1.29, 1.82) is 0 Å². The van der Waals surface area contributed by atoms with Gasteiger partial charge in [0.1, 0.15) is 0 Å². The van der Waals surface area contributed by atoms with Gasteiger partial charge in [-0.1, -0.05) is 35.2 Å². The Morgan fingerprint density at radius 2 is 2.08 bits per heavy atom. The Morgan fingerprint density at radius 3 is 2.77 bits per heavy atom. The van der Waals surface area contributed by atoms with Crippen molar-refractivity contribution in [2.24, 2.45) is 0 Å². The molecule has 1 aliphatic rings. The average molecular weight is 248 g/mol. The summed E-state index contributed by atoms with van der Waals surface area (Å²) < 4.78 is 0. The standard InChI is InChI=1S/C11H22BrN/c1-13-10-6-4-8-11(13)7-3-2-5-9-12/h11H,2-10H2,1H3. The van der Waals surface area contributed by atoms with E-state index in [0.29, 0.717) is 0 Å². The Kier molecular flexibility index (Phi) is 6.05. The molecule has 1 fully saturated rings. The Hall–Kier alpha value is 0.440. The highest BCUT2D eigenvalue weighted by molar-refractivity contribution is 9.09. The van der Waals surface area contributed by atoms with E-state index in [1.165, 1.54) is 56.8 Å². The molecule has 0 spiro atoms. The number of hydrogen-bond acceptors (Lipinski definition) is 1. The monoisotopic (exact) mass is 247 g/mol. The molecule has 0 radical (unpaired) electrons. The van der Waals surface area contributed by atoms with E-state index in [9.17, 15) is 0 Å². The number of halogens is 1. The fourth-order valence-corrected chi connectivity index (χ4v) is 2.56. The summed E-state index contributed by atoms with van der Waals surface area (Å²) in [6, 6.07) is 0.893. The lowest BCUT2D eigenvalue weighted by molar-refractivity contribution is 0.173. The summed E-state index contributed by atoms with van der Waals surface area (Å²) in [5, 5.41) is 1.17. The normalized spacial score (nSPS) is 24.9. The Bertz CT molecular complexity index is 127. The van der Waals surface area contributed by atoms with Gasteiger partial charge in [-0.25, -0.2) is 0 Å². The van der Waals surface area contributed by atoms with Gasteiger partial charge in [-0.3, -0.25) is 0 Å². The van der Waals surface area contributed by atoms with Crippen molar-refractivity contribution in [2.45, 2.75) is 51.0 Å². The zero-order valence-corrected chi connectivity index (χ0v) is 10.4. The molecule has 1 unspecified atom stereocenters. The first-order valence-corrected chi connectivity index (χ1v) is 6.73. The third-order valence-corrected chi connectivity index (χ3v) is 3.65. The van der Waals surface area contributed by atoms with Crippen LogP contribution in [0.3, 0.4) is 0 Å². The van der Waals surface area contributed by atoms with Gasteiger partial charge in [-0.05, 0) is 39.3 Å². The molecular formula is C11H22BrN. The second-order valence-electron chi connectivity index (χ2n) is 4.17. The molecule has 1 aliphatic heterocycles. The van der Waals surface area contributed by atoms with Crippen LogP contribution in [-0.2, 0) is 0 Å². The van der Waals surface area contributed by atoms with E-state index < -0.39 is 0 Å². The highest BCUT2D eigenvalue weighted by atomic mass is 79.9. The summed E-state index contributed by atoms with van der Waals surface area (Å²) in [6.07, 6.45) is 9.88. The summed E-state index contributed by atoms with van der Waals surface area (Å²) >= 11 is 3.48. The molecular weight excluding hydrogens is 226 g/mol. The summed E-state index contributed by atoms with van der Waals surface area (Å²) in [4.78, 5) is 2.55. The zero-order valence-electron chi connectivity index (χ0n) is 8.77. The highest BCUT2D eigenvalue weighted by Gasteiger charge is 2.17. The van der Waals surface area contributed by atoms with Crippen LogP contribution in [0.4, 0.5) is 0 Å². The van der Waals surface area contributed by atoms with Crippen LogP contribution < -0.4 is 0 Å². The van der Waals surface area contributed by atoms with Crippen molar-refractivity contribution in [2.75, 3.05) is 18.9 Å². The van der Waals surface area contributed by atoms with Gasteiger partial charge in [0.25, 0.3) is 0 Å². The summed E-state index contributed by atoms with van der Waals surface area (Å²) in [7, 11) is 2.29. The molecule has 0 aromatic carbocycles. The van der Waals surface area contributed by atoms with Crippen molar-refractivity contribution in [3.05, 3.63) is 0 Å². The third kappa shape index (κ3) is 4.46. The van der Waals surface area contributed by atoms with Gasteiger partial charge in [0, 0.05) is 11.4 Å². The molecule has 0 aromatic rings. The minimum absolute atomic E-state index is 0.893. The first kappa shape index (κ1) is 11.5. The smallest absolute Gasteiger partial charge is 0.00922 e. The van der Waals surface area contributed by atoms with E-state index in [2.05, 4.69) is 27.9 Å². The molecule has 1 rings (SSSR count). The lowest BCUT2D eigenvalue weighted by Crippen LogP contribution is -2.35. The molecule has 1 atom stereocenters. The van der Waals surface area contributed by atoms with Crippen LogP contribution in [0.1, 0.15) is 44.9 Å². The molecule has 2 heteroatoms. The number of rotatable bonds is 5. The minimum Gasteiger partial charge on any atom is -0.303 e. The fourth-order valence-electron chi connectivity index (χ4n) is 2.16. The number of unbranched alkanes of at least 4 members (excludes halogenated alkanes) is 2. The van der Waals surface area contributed by atoms with Crippen molar-refractivity contribution in [3.63, 3.8) is 0 Å². The molecule has 78 valence electrons. The third-order valence-electron chi connectivity index (χ3n) is 3.09. The van der Waals surface area contributed by atoms with Gasteiger partial charge in [-0.2, -0.15) is 0 Å². The van der Waals surface area contributed by atoms with Crippen molar-refractivity contribution >= 4 is 15.9 Å². The van der Waals surface area contributed by atoms with Crippen LogP contribution in [0.15, 0.2) is 0 Å². The van der Waals surface area contributed by atoms with Gasteiger partial charge in [0.2, 0.25) is 0 Å². The van der Waals surface area contributed by atoms with E-state index >= 15 is 0 Å². The van der Waals surface area contributed by atoms with Crippen LogP contribution in [0, 0.1) is 0 Å². The van der Waals surface area contributed by atoms with E-state index in [1.54, 1.807) is 0 Å². The second kappa shape index (κ2) is 6.83. The number of nitrogens with zero attached hydrogens (tertiary/aromatic N) is 1. The first-order chi connectivity index (χ1) is 6.34. The molecule has 0 N–H and O–H groups in total. The van der Waals surface area contributed by atoms with Gasteiger partial charge in [0.05, 0.1) is 0 Å². The maximum absolute atomic E-state index is 3.48. The zero-order chi connectivity index (χ0) is 9.52. The van der Waals surface area contributed by atoms with E-state index in [4.69, 9.17) is 0 Å². The molecule has 0 aliphatic carbocycles. The fraction of sp³-hybridized carbons (Fsp3) is 1.00. The number of alkyl halides is 1. The lowest BCUT2D eigenvalue weighted by Gasteiger charge is -2.32. The predicted molar refractivity (Wildman–Crippen MR) is 62.5 cm³/mol. The largest absolute Gasteiger partial charge is 0.303 e. The van der Waals surface area contributed by atoms with Crippen LogP contribution in [-0.4, -0.2) is 29.9 Å². The van der Waals surface area contributed by atoms with Crippen molar-refractivity contribution < 1.29 is 0 Å². The molecule has 0 bridgehead atoms. The maximum atomic E-state index is 3.48. The van der Waals surface area contributed by atoms with Crippen LogP contribution in [0.25, 0.3) is 0 Å². The maximum Gasteiger partial charge on any atom is 0.00922 e. The van der Waals surface area contributed by atoms with Gasteiger partial charge < -0.3 is 4.90 Å². The average Bonchev–Trinajstić information content (AvgIpc) is 2.15. The number of hydrogen-bond donors (Lipinski definition) is 0. The summed E-state index contributed by atoms with van der Waals surface area (Å²) in [5.74, 6) is 0. The van der Waals surface area contributed by atoms with Crippen LogP contribution in [0.2, 0.25) is 0 Å². The topological polar surface area (TPSA) is 3.24 Å². The Labute approximate surface area is 91.0 Å². The first-order valence-electron chi connectivity index (χ1n) is 5.61. The van der Waals surface area contributed by atoms with Crippen molar-refractivity contribution in [3.8, 4) is 0 Å². The molecule has 0 aromatic heterocycles. The SMILES string of the molecule is CN1CCCCC1CCCCCBr. The van der Waals surface area contributed by atoms with Crippen LogP contribution in [0.5, 0.6) is 0 Å². The molecule has 1 heterocycles. The molecule has 1 nitrogen and oxygen atoms in total. The summed E-state index contributed by atoms with van der Waals surface area (Å²) in [5.41, 5.74) is 0. The Morgan fingerprint density at radius 1 is 1.23 bits per heavy atom. The highest BCUT2D eigenvalue weighted by Crippen LogP contribution is 2.19. The molecule has 0 saturated carbocycles. The van der Waals surface area contributed by atoms with Crippen molar-refractivity contribution in [1.82, 2.24) is 4.90 Å². The van der Waals surface area contributed by atoms with Gasteiger partial charge in [-0.15, -0.1) is 0 Å². The van der Waals surface area contributed by atoms with Gasteiger partial charge >= 0.3 is 0 Å². The van der Waals surface area contributed by atoms with Gasteiger partial charge in [0.15, 0.2) is 0 Å². The number of piperidine rings is 1.